The molecule has 0 bridgehead atoms. The molecule has 0 fully saturated rings. The van der Waals surface area contributed by atoms with Gasteiger partial charge in [-0.25, -0.2) is 4.68 Å². The number of hydrogen-bond acceptors (Lipinski definition) is 6. The van der Waals surface area contributed by atoms with E-state index in [1.165, 1.54) is 29.3 Å². The molecule has 3 heterocycles. The molecule has 0 saturated heterocycles. The maximum atomic E-state index is 13.1. The van der Waals surface area contributed by atoms with Crippen molar-refractivity contribution in [1.82, 2.24) is 14.8 Å². The van der Waals surface area contributed by atoms with Gasteiger partial charge in [-0.1, -0.05) is 36.5 Å². The third kappa shape index (κ3) is 4.36. The third-order valence-electron chi connectivity index (χ3n) is 4.87. The second-order valence-electron chi connectivity index (χ2n) is 7.00. The zero-order valence-electron chi connectivity index (χ0n) is 17.1. The van der Waals surface area contributed by atoms with E-state index in [0.717, 1.165) is 12.5 Å². The van der Waals surface area contributed by atoms with E-state index < -0.39 is 18.1 Å². The summed E-state index contributed by atoms with van der Waals surface area (Å²) in [6.45, 7) is -0.824. The molecule has 0 aliphatic rings. The van der Waals surface area contributed by atoms with Crippen LogP contribution in [0, 0.1) is 0 Å². The number of furan rings is 1. The monoisotopic (exact) mass is 496 g/mol. The largest absolute Gasteiger partial charge is 0.446 e. The number of nitrogens with zero attached hydrogens (tertiary/aromatic N) is 3. The van der Waals surface area contributed by atoms with Crippen molar-refractivity contribution in [3.05, 3.63) is 56.7 Å². The van der Waals surface area contributed by atoms with Crippen LogP contribution in [0.3, 0.4) is 0 Å². The first-order chi connectivity index (χ1) is 15.8. The van der Waals surface area contributed by atoms with Crippen molar-refractivity contribution < 1.29 is 22.7 Å². The molecule has 0 spiro atoms. The minimum Gasteiger partial charge on any atom is -0.446 e. The summed E-state index contributed by atoms with van der Waals surface area (Å²) >= 11 is 12.2. The number of pyridine rings is 1. The number of carbonyl (C=O) groups is 1. The van der Waals surface area contributed by atoms with Crippen LogP contribution in [0.15, 0.2) is 39.9 Å². The highest BCUT2D eigenvalue weighted by molar-refractivity contribution is 6.40. The highest BCUT2D eigenvalue weighted by Crippen LogP contribution is 2.37. The van der Waals surface area contributed by atoms with Gasteiger partial charge in [-0.15, -0.1) is 0 Å². The Hall–Kier alpha value is -3.24. The van der Waals surface area contributed by atoms with E-state index in [1.54, 1.807) is 0 Å². The summed E-state index contributed by atoms with van der Waals surface area (Å²) in [7, 11) is 0. The predicted molar refractivity (Wildman–Crippen MR) is 120 cm³/mol. The van der Waals surface area contributed by atoms with E-state index in [4.69, 9.17) is 27.6 Å². The highest BCUT2D eigenvalue weighted by atomic mass is 35.5. The average molecular weight is 497 g/mol. The fourth-order valence-electron chi connectivity index (χ4n) is 3.34. The fraction of sp³-hybridized carbons (Fsp3) is 0.238. The van der Waals surface area contributed by atoms with Gasteiger partial charge in [0.25, 0.3) is 5.91 Å². The van der Waals surface area contributed by atoms with Gasteiger partial charge in [0, 0.05) is 24.3 Å². The number of anilines is 1. The number of aromatic nitrogens is 3. The number of halogens is 4. The van der Waals surface area contributed by atoms with Gasteiger partial charge in [0.1, 0.15) is 0 Å². The zero-order chi connectivity index (χ0) is 23.7. The maximum Gasteiger partial charge on any atom is 0.387 e. The number of alkyl halides is 2. The highest BCUT2D eigenvalue weighted by Gasteiger charge is 2.24. The molecule has 172 valence electrons. The summed E-state index contributed by atoms with van der Waals surface area (Å²) in [6, 6.07) is 2.43. The number of ether oxygens (including phenoxy) is 1. The summed E-state index contributed by atoms with van der Waals surface area (Å²) in [6.07, 6.45) is 5.50. The van der Waals surface area contributed by atoms with Crippen molar-refractivity contribution in [2.45, 2.75) is 32.9 Å². The van der Waals surface area contributed by atoms with Gasteiger partial charge >= 0.3 is 12.2 Å². The first kappa shape index (κ1) is 22.9. The average Bonchev–Trinajstić information content (AvgIpc) is 3.17. The van der Waals surface area contributed by atoms with E-state index >= 15 is 0 Å². The topological polar surface area (TPSA) is 99.2 Å². The lowest BCUT2D eigenvalue weighted by Gasteiger charge is -2.11. The summed E-state index contributed by atoms with van der Waals surface area (Å²) < 4.78 is 37.3. The first-order valence-electron chi connectivity index (χ1n) is 9.82. The number of rotatable bonds is 7. The molecule has 4 rings (SSSR count). The second-order valence-corrected chi connectivity index (χ2v) is 7.81. The van der Waals surface area contributed by atoms with E-state index in [1.807, 2.05) is 6.92 Å². The van der Waals surface area contributed by atoms with Gasteiger partial charge in [-0.05, 0) is 18.6 Å². The van der Waals surface area contributed by atoms with Crippen LogP contribution in [0.5, 0.6) is 5.75 Å². The number of benzene rings is 1. The molecule has 0 saturated carbocycles. The Bertz CT molecular complexity index is 1400. The molecule has 0 aliphatic carbocycles. The smallest absolute Gasteiger partial charge is 0.387 e. The van der Waals surface area contributed by atoms with Gasteiger partial charge in [-0.3, -0.25) is 14.6 Å². The molecule has 0 atom stereocenters. The van der Waals surface area contributed by atoms with Gasteiger partial charge < -0.3 is 14.5 Å². The van der Waals surface area contributed by atoms with Crippen molar-refractivity contribution in [2.75, 3.05) is 5.32 Å². The number of carbonyl (C=O) groups excluding carboxylic acids is 1. The van der Waals surface area contributed by atoms with Crippen LogP contribution in [0.2, 0.25) is 10.0 Å². The Balaban J connectivity index is 1.91. The molecule has 0 aliphatic heterocycles. The normalized spacial score (nSPS) is 11.5. The molecule has 1 amide bonds. The van der Waals surface area contributed by atoms with Crippen molar-refractivity contribution in [3.63, 3.8) is 0 Å². The fourth-order valence-corrected chi connectivity index (χ4v) is 3.80. The number of hydrogen-bond donors (Lipinski definition) is 1. The molecule has 1 N–H and O–H groups in total. The number of fused-ring (bicyclic) bond motifs is 3. The van der Waals surface area contributed by atoms with Crippen molar-refractivity contribution in [1.29, 1.82) is 0 Å². The molecule has 8 nitrogen and oxygen atoms in total. The number of aryl methyl sites for hydroxylation is 1. The van der Waals surface area contributed by atoms with Gasteiger partial charge in [0.05, 0.1) is 32.9 Å². The zero-order valence-corrected chi connectivity index (χ0v) is 18.6. The van der Waals surface area contributed by atoms with Crippen LogP contribution in [-0.2, 0) is 6.54 Å². The molecule has 4 aromatic rings. The van der Waals surface area contributed by atoms with Crippen molar-refractivity contribution >= 4 is 56.7 Å². The van der Waals surface area contributed by atoms with Crippen LogP contribution in [-0.4, -0.2) is 27.3 Å². The Morgan fingerprint density at radius 1 is 1.21 bits per heavy atom. The van der Waals surface area contributed by atoms with E-state index in [9.17, 15) is 18.4 Å². The lowest BCUT2D eigenvalue weighted by Crippen LogP contribution is -2.22. The van der Waals surface area contributed by atoms with Crippen LogP contribution < -0.4 is 15.6 Å². The van der Waals surface area contributed by atoms with Gasteiger partial charge in [0.2, 0.25) is 5.58 Å². The summed E-state index contributed by atoms with van der Waals surface area (Å²) in [5, 5.41) is 7.19. The molecule has 0 radical (unpaired) electrons. The lowest BCUT2D eigenvalue weighted by molar-refractivity contribution is -0.0493. The number of unbranched alkanes of at least 4 members (excludes halogenated alkanes) is 1. The molecule has 1 aromatic carbocycles. The number of nitrogens with one attached hydrogen (secondary N) is 1. The second kappa shape index (κ2) is 9.32. The Labute approximate surface area is 195 Å². The Kier molecular flexibility index (Phi) is 6.48. The van der Waals surface area contributed by atoms with E-state index in [2.05, 4.69) is 20.1 Å². The van der Waals surface area contributed by atoms with E-state index in [0.29, 0.717) is 13.0 Å². The first-order valence-corrected chi connectivity index (χ1v) is 10.6. The third-order valence-corrected chi connectivity index (χ3v) is 5.44. The SMILES string of the molecule is CCCCn1ncc2c(oc3c(OC(F)F)ccc(C(=O)Nc4c(Cl)cncc4Cl)c32)c1=O. The molecular formula is C21H16Cl2F2N4O4. The molecular weight excluding hydrogens is 481 g/mol. The minimum absolute atomic E-state index is 0.0156. The predicted octanol–water partition coefficient (Wildman–Crippen LogP) is 5.50. The maximum absolute atomic E-state index is 13.1. The van der Waals surface area contributed by atoms with Gasteiger partial charge in [-0.2, -0.15) is 13.9 Å². The van der Waals surface area contributed by atoms with Crippen molar-refractivity contribution in [2.24, 2.45) is 0 Å². The lowest BCUT2D eigenvalue weighted by atomic mass is 10.1. The van der Waals surface area contributed by atoms with Crippen LogP contribution in [0.25, 0.3) is 21.9 Å². The van der Waals surface area contributed by atoms with Crippen molar-refractivity contribution in [3.8, 4) is 5.75 Å². The van der Waals surface area contributed by atoms with Crippen LogP contribution in [0.1, 0.15) is 30.1 Å². The minimum atomic E-state index is -3.14. The summed E-state index contributed by atoms with van der Waals surface area (Å²) in [5.74, 6) is -0.997. The quantitative estimate of drug-likeness (QED) is 0.362. The summed E-state index contributed by atoms with van der Waals surface area (Å²) in [4.78, 5) is 29.8. The van der Waals surface area contributed by atoms with Crippen LogP contribution in [0.4, 0.5) is 14.5 Å². The molecule has 33 heavy (non-hydrogen) atoms. The Morgan fingerprint density at radius 2 is 1.94 bits per heavy atom. The molecule has 0 unspecified atom stereocenters. The van der Waals surface area contributed by atoms with Crippen LogP contribution >= 0.6 is 23.2 Å². The summed E-state index contributed by atoms with van der Waals surface area (Å²) in [5.41, 5.74) is -0.728. The van der Waals surface area contributed by atoms with Gasteiger partial charge in [0.15, 0.2) is 11.3 Å². The molecule has 12 heteroatoms. The Morgan fingerprint density at radius 3 is 2.61 bits per heavy atom. The number of amides is 1. The molecule has 3 aromatic heterocycles. The van der Waals surface area contributed by atoms with E-state index in [-0.39, 0.29) is 49.0 Å². The standard InChI is InChI=1S/C21H16Cl2F2N4O4/c1-2-3-6-29-20(31)17-11(7-27-29)15-10(4-5-14(18(15)33-17)32-21(24)25)19(30)28-16-12(22)8-26-9-13(16)23/h4-5,7-9,21H,2-3,6H2,1H3,(H,26,28,30).